The number of nitrogens with zero attached hydrogens (tertiary/aromatic N) is 3. The van der Waals surface area contributed by atoms with Crippen LogP contribution in [0.1, 0.15) is 10.4 Å². The first kappa shape index (κ1) is 17.9. The largest absolute Gasteiger partial charge is 0.334 e. The zero-order chi connectivity index (χ0) is 20.9. The topological polar surface area (TPSA) is 75.6 Å². The van der Waals surface area contributed by atoms with Crippen molar-refractivity contribution in [1.29, 1.82) is 0 Å². The van der Waals surface area contributed by atoms with E-state index in [1.807, 2.05) is 54.1 Å². The predicted molar refractivity (Wildman–Crippen MR) is 126 cm³/mol. The molecule has 0 unspecified atom stereocenters. The maximum atomic E-state index is 13.2. The zero-order valence-electron chi connectivity index (χ0n) is 16.6. The third-order valence-corrected chi connectivity index (χ3v) is 6.65. The lowest BCUT2D eigenvalue weighted by Gasteiger charge is -2.09. The van der Waals surface area contributed by atoms with E-state index in [1.54, 1.807) is 23.9 Å². The molecular formula is C24H17N5OS. The minimum absolute atomic E-state index is 0.177. The number of imidazole rings is 1. The molecule has 2 N–H and O–H groups in total. The van der Waals surface area contributed by atoms with Crippen LogP contribution in [0.2, 0.25) is 0 Å². The van der Waals surface area contributed by atoms with Gasteiger partial charge in [0.05, 0.1) is 29.2 Å². The number of fused-ring (bicyclic) bond motifs is 3. The van der Waals surface area contributed by atoms with Crippen LogP contribution in [0.25, 0.3) is 42.5 Å². The second-order valence-electron chi connectivity index (χ2n) is 7.49. The van der Waals surface area contributed by atoms with Gasteiger partial charge in [-0.1, -0.05) is 24.3 Å². The number of carbonyl (C=O) groups excluding carboxylic acids is 1. The summed E-state index contributed by atoms with van der Waals surface area (Å²) >= 11 is 1.71. The highest BCUT2D eigenvalue weighted by molar-refractivity contribution is 7.22. The third kappa shape index (κ3) is 2.90. The van der Waals surface area contributed by atoms with Crippen LogP contribution in [-0.4, -0.2) is 25.7 Å². The van der Waals surface area contributed by atoms with Crippen molar-refractivity contribution in [3.05, 3.63) is 78.8 Å². The molecule has 0 aliphatic carbocycles. The molecule has 0 spiro atoms. The minimum atomic E-state index is -0.177. The Morgan fingerprint density at radius 3 is 2.87 bits per heavy atom. The quantitative estimate of drug-likeness (QED) is 0.390. The Bertz CT molecular complexity index is 1570. The maximum Gasteiger partial charge on any atom is 0.255 e. The van der Waals surface area contributed by atoms with Crippen LogP contribution >= 0.6 is 11.3 Å². The number of H-pyrrole nitrogens is 1. The molecule has 3 aromatic heterocycles. The number of benzene rings is 3. The lowest BCUT2D eigenvalue weighted by Crippen LogP contribution is -2.12. The highest BCUT2D eigenvalue weighted by Crippen LogP contribution is 2.37. The first-order valence-electron chi connectivity index (χ1n) is 9.85. The van der Waals surface area contributed by atoms with Gasteiger partial charge in [-0.05, 0) is 41.8 Å². The molecule has 0 aliphatic rings. The van der Waals surface area contributed by atoms with Gasteiger partial charge >= 0.3 is 0 Å². The summed E-state index contributed by atoms with van der Waals surface area (Å²) in [6.45, 7) is 0. The molecule has 0 saturated carbocycles. The standard InChI is InChI=1S/C24H17N5OS/c1-29-13-25-23-18(6-4-7-19(23)29)27-24(30)15-9-16-12-26-28-22(16)17(10-15)21-11-14-5-2-3-8-20(14)31-21/h2-13H,1H3,(H,26,28)(H,27,30). The fourth-order valence-electron chi connectivity index (χ4n) is 3.95. The summed E-state index contributed by atoms with van der Waals surface area (Å²) in [6.07, 6.45) is 3.50. The van der Waals surface area contributed by atoms with Crippen molar-refractivity contribution in [1.82, 2.24) is 19.7 Å². The van der Waals surface area contributed by atoms with Crippen LogP contribution in [0.3, 0.4) is 0 Å². The normalized spacial score (nSPS) is 11.5. The molecular weight excluding hydrogens is 406 g/mol. The van der Waals surface area contributed by atoms with Crippen molar-refractivity contribution in [2.24, 2.45) is 7.05 Å². The van der Waals surface area contributed by atoms with Crippen LogP contribution in [0, 0.1) is 0 Å². The number of hydrogen-bond acceptors (Lipinski definition) is 4. The number of rotatable bonds is 3. The smallest absolute Gasteiger partial charge is 0.255 e. The first-order chi connectivity index (χ1) is 15.2. The molecule has 6 rings (SSSR count). The lowest BCUT2D eigenvalue weighted by molar-refractivity contribution is 0.102. The molecule has 0 atom stereocenters. The summed E-state index contributed by atoms with van der Waals surface area (Å²) < 4.78 is 3.14. The SMILES string of the molecule is Cn1cnc2c(NC(=O)c3cc(-c4cc5ccccc5s4)c4[nH]ncc4c3)cccc21. The van der Waals surface area contributed by atoms with E-state index in [4.69, 9.17) is 0 Å². The summed E-state index contributed by atoms with van der Waals surface area (Å²) in [5, 5.41) is 12.4. The van der Waals surface area contributed by atoms with Crippen molar-refractivity contribution >= 4 is 55.0 Å². The number of thiophene rings is 1. The minimum Gasteiger partial charge on any atom is -0.334 e. The Labute approximate surface area is 181 Å². The third-order valence-electron chi connectivity index (χ3n) is 5.50. The number of aromatic nitrogens is 4. The Balaban J connectivity index is 1.45. The number of carbonyl (C=O) groups is 1. The average Bonchev–Trinajstić information content (AvgIpc) is 3.51. The number of nitrogens with one attached hydrogen (secondary N) is 2. The molecule has 3 aromatic carbocycles. The molecule has 31 heavy (non-hydrogen) atoms. The molecule has 3 heterocycles. The molecule has 0 radical (unpaired) electrons. The fraction of sp³-hybridized carbons (Fsp3) is 0.0417. The van der Waals surface area contributed by atoms with E-state index < -0.39 is 0 Å². The second kappa shape index (κ2) is 6.78. The molecule has 1 amide bonds. The van der Waals surface area contributed by atoms with Crippen LogP contribution < -0.4 is 5.32 Å². The highest BCUT2D eigenvalue weighted by atomic mass is 32.1. The molecule has 150 valence electrons. The Morgan fingerprint density at radius 1 is 1.06 bits per heavy atom. The molecule has 6 aromatic rings. The van der Waals surface area contributed by atoms with Crippen molar-refractivity contribution in [2.75, 3.05) is 5.32 Å². The van der Waals surface area contributed by atoms with Gasteiger partial charge in [-0.15, -0.1) is 11.3 Å². The number of hydrogen-bond donors (Lipinski definition) is 2. The van der Waals surface area contributed by atoms with E-state index >= 15 is 0 Å². The summed E-state index contributed by atoms with van der Waals surface area (Å²) in [6, 6.07) is 20.0. The van der Waals surface area contributed by atoms with Gasteiger partial charge in [-0.2, -0.15) is 5.10 Å². The van der Waals surface area contributed by atoms with Gasteiger partial charge in [0, 0.05) is 33.1 Å². The molecule has 0 bridgehead atoms. The van der Waals surface area contributed by atoms with Crippen LogP contribution in [0.15, 0.2) is 73.2 Å². The van der Waals surface area contributed by atoms with E-state index in [0.29, 0.717) is 11.3 Å². The van der Waals surface area contributed by atoms with E-state index in [9.17, 15) is 4.79 Å². The summed E-state index contributed by atoms with van der Waals surface area (Å²) in [5.74, 6) is -0.177. The summed E-state index contributed by atoms with van der Waals surface area (Å²) in [7, 11) is 1.94. The fourth-order valence-corrected chi connectivity index (χ4v) is 5.04. The molecule has 0 fully saturated rings. The van der Waals surface area contributed by atoms with Crippen molar-refractivity contribution in [3.63, 3.8) is 0 Å². The number of anilines is 1. The van der Waals surface area contributed by atoms with Gasteiger partial charge < -0.3 is 9.88 Å². The zero-order valence-corrected chi connectivity index (χ0v) is 17.4. The van der Waals surface area contributed by atoms with Crippen LogP contribution in [0.4, 0.5) is 5.69 Å². The van der Waals surface area contributed by atoms with Crippen molar-refractivity contribution in [2.45, 2.75) is 0 Å². The first-order valence-corrected chi connectivity index (χ1v) is 10.7. The van der Waals surface area contributed by atoms with Gasteiger partial charge in [-0.3, -0.25) is 9.89 Å². The number of aryl methyl sites for hydroxylation is 1. The average molecular weight is 424 g/mol. The number of amides is 1. The predicted octanol–water partition coefficient (Wildman–Crippen LogP) is 5.58. The van der Waals surface area contributed by atoms with Crippen LogP contribution in [-0.2, 0) is 7.05 Å². The van der Waals surface area contributed by atoms with Crippen molar-refractivity contribution in [3.8, 4) is 10.4 Å². The molecule has 0 saturated heterocycles. The lowest BCUT2D eigenvalue weighted by atomic mass is 10.0. The highest BCUT2D eigenvalue weighted by Gasteiger charge is 2.16. The van der Waals surface area contributed by atoms with E-state index in [-0.39, 0.29) is 5.91 Å². The summed E-state index contributed by atoms with van der Waals surface area (Å²) in [4.78, 5) is 18.7. The Hall–Kier alpha value is -3.97. The van der Waals surface area contributed by atoms with Gasteiger partial charge in [0.2, 0.25) is 0 Å². The molecule has 0 aliphatic heterocycles. The van der Waals surface area contributed by atoms with Gasteiger partial charge in [-0.25, -0.2) is 4.98 Å². The van der Waals surface area contributed by atoms with Gasteiger partial charge in [0.25, 0.3) is 5.91 Å². The molecule has 7 heteroatoms. The second-order valence-corrected chi connectivity index (χ2v) is 8.57. The monoisotopic (exact) mass is 423 g/mol. The van der Waals surface area contributed by atoms with E-state index in [2.05, 4.69) is 38.7 Å². The van der Waals surface area contributed by atoms with Gasteiger partial charge in [0.1, 0.15) is 5.52 Å². The maximum absolute atomic E-state index is 13.2. The van der Waals surface area contributed by atoms with Crippen LogP contribution in [0.5, 0.6) is 0 Å². The molecule has 6 nitrogen and oxygen atoms in total. The van der Waals surface area contributed by atoms with E-state index in [1.165, 1.54) is 10.1 Å². The van der Waals surface area contributed by atoms with E-state index in [0.717, 1.165) is 32.4 Å². The number of para-hydroxylation sites is 1. The van der Waals surface area contributed by atoms with Crippen molar-refractivity contribution < 1.29 is 4.79 Å². The Morgan fingerprint density at radius 2 is 1.97 bits per heavy atom. The summed E-state index contributed by atoms with van der Waals surface area (Å²) in [5.41, 5.74) is 4.90. The van der Waals surface area contributed by atoms with Gasteiger partial charge in [0.15, 0.2) is 0 Å². The number of aromatic amines is 1. The Kier molecular flexibility index (Phi) is 3.91.